The number of hydrogen-bond acceptors (Lipinski definition) is 5. The quantitative estimate of drug-likeness (QED) is 0.358. The van der Waals surface area contributed by atoms with Crippen LogP contribution in [0.25, 0.3) is 0 Å². The summed E-state index contributed by atoms with van der Waals surface area (Å²) in [5.41, 5.74) is -0.0522. The minimum atomic E-state index is -1.21. The SMILES string of the molecule is CCC(C)(C)NC(=O)[C@H](c1ccccc1Cl)N(C(=O)CCC(=O)Nc1cc(C)on1)c1cccc(F)c1. The minimum Gasteiger partial charge on any atom is -0.360 e. The summed E-state index contributed by atoms with van der Waals surface area (Å²) >= 11 is 6.48. The highest BCUT2D eigenvalue weighted by atomic mass is 35.5. The van der Waals surface area contributed by atoms with Gasteiger partial charge < -0.3 is 15.2 Å². The lowest BCUT2D eigenvalue weighted by atomic mass is 9.98. The van der Waals surface area contributed by atoms with Gasteiger partial charge in [0.2, 0.25) is 17.7 Å². The maximum absolute atomic E-state index is 14.3. The van der Waals surface area contributed by atoms with Gasteiger partial charge in [-0.2, -0.15) is 0 Å². The molecule has 3 aromatic rings. The molecule has 0 saturated heterocycles. The number of hydrogen-bond donors (Lipinski definition) is 2. The van der Waals surface area contributed by atoms with E-state index in [1.807, 2.05) is 20.8 Å². The summed E-state index contributed by atoms with van der Waals surface area (Å²) in [7, 11) is 0. The summed E-state index contributed by atoms with van der Waals surface area (Å²) in [5.74, 6) is -1.35. The third-order valence-electron chi connectivity index (χ3n) is 5.87. The maximum atomic E-state index is 14.3. The lowest BCUT2D eigenvalue weighted by Gasteiger charge is -2.35. The smallest absolute Gasteiger partial charge is 0.248 e. The van der Waals surface area contributed by atoms with E-state index in [9.17, 15) is 18.8 Å². The molecule has 0 radical (unpaired) electrons. The van der Waals surface area contributed by atoms with Crippen LogP contribution in [0.4, 0.5) is 15.9 Å². The van der Waals surface area contributed by atoms with E-state index in [4.69, 9.17) is 16.1 Å². The Morgan fingerprint density at radius 1 is 1.11 bits per heavy atom. The molecule has 1 heterocycles. The van der Waals surface area contributed by atoms with Crippen LogP contribution < -0.4 is 15.5 Å². The van der Waals surface area contributed by atoms with E-state index in [0.717, 1.165) is 6.07 Å². The van der Waals surface area contributed by atoms with E-state index in [-0.39, 0.29) is 29.4 Å². The number of nitrogens with one attached hydrogen (secondary N) is 2. The van der Waals surface area contributed by atoms with Crippen LogP contribution in [0, 0.1) is 12.7 Å². The molecule has 37 heavy (non-hydrogen) atoms. The van der Waals surface area contributed by atoms with Crippen LogP contribution in [0.1, 0.15) is 57.4 Å². The zero-order chi connectivity index (χ0) is 27.2. The number of aryl methyl sites for hydroxylation is 1. The van der Waals surface area contributed by atoms with Crippen molar-refractivity contribution in [3.63, 3.8) is 0 Å². The molecule has 3 amide bonds. The number of carbonyl (C=O) groups is 3. The van der Waals surface area contributed by atoms with Crippen molar-refractivity contribution in [2.24, 2.45) is 0 Å². The third-order valence-corrected chi connectivity index (χ3v) is 6.21. The topological polar surface area (TPSA) is 105 Å². The molecule has 8 nitrogen and oxygen atoms in total. The third kappa shape index (κ3) is 7.39. The average Bonchev–Trinajstić information content (AvgIpc) is 3.25. The van der Waals surface area contributed by atoms with Crippen molar-refractivity contribution in [1.29, 1.82) is 0 Å². The number of benzene rings is 2. The molecule has 0 unspecified atom stereocenters. The average molecular weight is 529 g/mol. The van der Waals surface area contributed by atoms with Crippen molar-refractivity contribution in [2.45, 2.75) is 58.5 Å². The molecule has 0 spiro atoms. The fourth-order valence-electron chi connectivity index (χ4n) is 3.62. The predicted octanol–water partition coefficient (Wildman–Crippen LogP) is 5.57. The van der Waals surface area contributed by atoms with Gasteiger partial charge in [0.05, 0.1) is 0 Å². The first-order valence-corrected chi connectivity index (χ1v) is 12.3. The van der Waals surface area contributed by atoms with Crippen LogP contribution in [0.15, 0.2) is 59.1 Å². The van der Waals surface area contributed by atoms with Crippen LogP contribution >= 0.6 is 11.6 Å². The van der Waals surface area contributed by atoms with E-state index in [1.165, 1.54) is 23.1 Å². The molecule has 0 aliphatic rings. The number of halogens is 2. The summed E-state index contributed by atoms with van der Waals surface area (Å²) in [6.07, 6.45) is 0.169. The number of rotatable bonds is 10. The summed E-state index contributed by atoms with van der Waals surface area (Å²) in [6.45, 7) is 7.33. The molecule has 0 saturated carbocycles. The first-order chi connectivity index (χ1) is 17.5. The van der Waals surface area contributed by atoms with Gasteiger partial charge in [0.1, 0.15) is 17.6 Å². The maximum Gasteiger partial charge on any atom is 0.248 e. The normalized spacial score (nSPS) is 12.1. The van der Waals surface area contributed by atoms with Gasteiger partial charge in [0.15, 0.2) is 5.82 Å². The molecule has 1 aromatic heterocycles. The lowest BCUT2D eigenvalue weighted by molar-refractivity contribution is -0.128. The molecular weight excluding hydrogens is 499 g/mol. The zero-order valence-electron chi connectivity index (χ0n) is 21.2. The highest BCUT2D eigenvalue weighted by Gasteiger charge is 2.36. The van der Waals surface area contributed by atoms with Crippen molar-refractivity contribution in [2.75, 3.05) is 10.2 Å². The predicted molar refractivity (Wildman–Crippen MR) is 140 cm³/mol. The molecule has 0 fully saturated rings. The zero-order valence-corrected chi connectivity index (χ0v) is 21.9. The van der Waals surface area contributed by atoms with Gasteiger partial charge in [-0.25, -0.2) is 4.39 Å². The van der Waals surface area contributed by atoms with E-state index in [1.54, 1.807) is 37.3 Å². The summed E-state index contributed by atoms with van der Waals surface area (Å²) in [6, 6.07) is 12.4. The van der Waals surface area contributed by atoms with Gasteiger partial charge in [-0.3, -0.25) is 19.3 Å². The fraction of sp³-hybridized carbons (Fsp3) is 0.333. The molecule has 10 heteroatoms. The van der Waals surface area contributed by atoms with Crippen molar-refractivity contribution < 1.29 is 23.3 Å². The summed E-state index contributed by atoms with van der Waals surface area (Å²) < 4.78 is 19.2. The number of anilines is 2. The van der Waals surface area contributed by atoms with Crippen molar-refractivity contribution in [1.82, 2.24) is 10.5 Å². The molecule has 2 aromatic carbocycles. The second kappa shape index (κ2) is 12.0. The number of amides is 3. The Morgan fingerprint density at radius 3 is 2.46 bits per heavy atom. The van der Waals surface area contributed by atoms with Gasteiger partial charge in [-0.1, -0.05) is 47.9 Å². The number of aromatic nitrogens is 1. The van der Waals surface area contributed by atoms with E-state index in [2.05, 4.69) is 15.8 Å². The molecule has 0 bridgehead atoms. The van der Waals surface area contributed by atoms with Crippen LogP contribution in [-0.4, -0.2) is 28.4 Å². The second-order valence-corrected chi connectivity index (χ2v) is 9.67. The first-order valence-electron chi connectivity index (χ1n) is 11.9. The van der Waals surface area contributed by atoms with Gasteiger partial charge in [-0.15, -0.1) is 0 Å². The van der Waals surface area contributed by atoms with Crippen LogP contribution in [0.5, 0.6) is 0 Å². The second-order valence-electron chi connectivity index (χ2n) is 9.27. The molecule has 196 valence electrons. The molecule has 1 atom stereocenters. The van der Waals surface area contributed by atoms with Crippen molar-refractivity contribution in [3.05, 3.63) is 76.8 Å². The van der Waals surface area contributed by atoms with Crippen molar-refractivity contribution >= 4 is 40.8 Å². The molecule has 2 N–H and O–H groups in total. The highest BCUT2D eigenvalue weighted by molar-refractivity contribution is 6.31. The Kier molecular flexibility index (Phi) is 9.04. The molecular formula is C27H30ClFN4O4. The monoisotopic (exact) mass is 528 g/mol. The molecule has 0 aliphatic carbocycles. The fourth-order valence-corrected chi connectivity index (χ4v) is 3.86. The standard InChI is InChI=1S/C27H30ClFN4O4/c1-5-27(3,4)31-26(36)25(20-11-6-7-12-21(20)28)33(19-10-8-9-18(29)16-19)24(35)14-13-23(34)30-22-15-17(2)37-32-22/h6-12,15-16,25H,5,13-14H2,1-4H3,(H,31,36)(H,30,32,34)/t25-/m0/s1. The van der Waals surface area contributed by atoms with Crippen LogP contribution in [0.3, 0.4) is 0 Å². The Labute approximate surface area is 220 Å². The summed E-state index contributed by atoms with van der Waals surface area (Å²) in [4.78, 5) is 41.0. The largest absolute Gasteiger partial charge is 0.360 e. The first kappa shape index (κ1) is 27.9. The Morgan fingerprint density at radius 2 is 1.84 bits per heavy atom. The van der Waals surface area contributed by atoms with Gasteiger partial charge in [-0.05, 0) is 51.5 Å². The van der Waals surface area contributed by atoms with Crippen LogP contribution in [0.2, 0.25) is 5.02 Å². The molecule has 0 aliphatic heterocycles. The van der Waals surface area contributed by atoms with E-state index in [0.29, 0.717) is 17.7 Å². The minimum absolute atomic E-state index is 0.159. The number of carbonyl (C=O) groups excluding carboxylic acids is 3. The van der Waals surface area contributed by atoms with Gasteiger partial charge in [0.25, 0.3) is 0 Å². The molecule has 3 rings (SSSR count). The summed E-state index contributed by atoms with van der Waals surface area (Å²) in [5, 5.41) is 9.51. The van der Waals surface area contributed by atoms with Gasteiger partial charge >= 0.3 is 0 Å². The van der Waals surface area contributed by atoms with E-state index >= 15 is 0 Å². The highest BCUT2D eigenvalue weighted by Crippen LogP contribution is 2.33. The Balaban J connectivity index is 1.98. The van der Waals surface area contributed by atoms with Crippen LogP contribution in [-0.2, 0) is 14.4 Å². The van der Waals surface area contributed by atoms with Crippen molar-refractivity contribution in [3.8, 4) is 0 Å². The lowest BCUT2D eigenvalue weighted by Crippen LogP contribution is -2.50. The number of nitrogens with zero attached hydrogens (tertiary/aromatic N) is 2. The Bertz CT molecular complexity index is 1280. The van der Waals surface area contributed by atoms with Gasteiger partial charge in [0, 0.05) is 40.7 Å². The van der Waals surface area contributed by atoms with E-state index < -0.39 is 35.1 Å². The Hall–Kier alpha value is -3.72.